The van der Waals surface area contributed by atoms with Gasteiger partial charge in [-0.15, -0.1) is 0 Å². The summed E-state index contributed by atoms with van der Waals surface area (Å²) in [6, 6.07) is 13.4. The highest BCUT2D eigenvalue weighted by Crippen LogP contribution is 2.39. The van der Waals surface area contributed by atoms with Crippen LogP contribution < -0.4 is 33.8 Å². The van der Waals surface area contributed by atoms with Crippen LogP contribution in [0.3, 0.4) is 0 Å². The van der Waals surface area contributed by atoms with Gasteiger partial charge >= 0.3 is 5.97 Å². The summed E-state index contributed by atoms with van der Waals surface area (Å²) in [7, 11) is 0. The lowest BCUT2D eigenvalue weighted by Crippen LogP contribution is -2.39. The number of thiazole rings is 1. The zero-order valence-electron chi connectivity index (χ0n) is 24.9. The molecule has 1 aromatic heterocycles. The van der Waals surface area contributed by atoms with E-state index in [0.717, 1.165) is 5.56 Å². The zero-order chi connectivity index (χ0) is 32.5. The molecule has 1 unspecified atom stereocenters. The first-order valence-corrected chi connectivity index (χ1v) is 16.7. The average Bonchev–Trinajstić information content (AvgIpc) is 3.60. The van der Waals surface area contributed by atoms with Gasteiger partial charge in [0.15, 0.2) is 27.8 Å². The largest absolute Gasteiger partial charge is 0.490 e. The van der Waals surface area contributed by atoms with Gasteiger partial charge in [0.05, 0.1) is 39.5 Å². The molecular weight excluding hydrogens is 719 g/mol. The van der Waals surface area contributed by atoms with Gasteiger partial charge in [0.25, 0.3) is 5.56 Å². The number of ether oxygens (including phenoxy) is 5. The van der Waals surface area contributed by atoms with E-state index in [0.29, 0.717) is 70.3 Å². The van der Waals surface area contributed by atoms with Crippen molar-refractivity contribution in [1.29, 1.82) is 0 Å². The summed E-state index contributed by atoms with van der Waals surface area (Å²) >= 11 is 17.2. The third-order valence-corrected chi connectivity index (χ3v) is 9.40. The summed E-state index contributed by atoms with van der Waals surface area (Å²) < 4.78 is 31.1. The lowest BCUT2D eigenvalue weighted by Gasteiger charge is -2.24. The van der Waals surface area contributed by atoms with Gasteiger partial charge in [-0.1, -0.05) is 46.7 Å². The summed E-state index contributed by atoms with van der Waals surface area (Å²) in [6.45, 7) is 6.20. The van der Waals surface area contributed by atoms with E-state index in [1.165, 1.54) is 15.9 Å². The highest BCUT2D eigenvalue weighted by Gasteiger charge is 2.34. The molecule has 0 saturated carbocycles. The Balaban J connectivity index is 1.42. The van der Waals surface area contributed by atoms with Crippen molar-refractivity contribution in [1.82, 2.24) is 4.57 Å². The molecule has 0 aliphatic carbocycles. The van der Waals surface area contributed by atoms with Crippen molar-refractivity contribution >= 4 is 62.5 Å². The molecule has 4 aromatic rings. The molecule has 2 aliphatic rings. The SMILES string of the molecule is CCOC(=O)C1=C(C)N=c2sc(=Cc3cc(Br)c(OCc4ccc(Cl)cc4Cl)c(OCC)c3)c(=O)n2C1c1ccc2c(c1)OCO2. The standard InChI is InChI=1S/C33H27BrCl2N2O7S/c1-4-41-26-11-18(10-22(34)30(26)43-15-20-6-8-21(35)14-23(20)36)12-27-31(39)38-29(19-7-9-24-25(13-19)45-16-44-24)28(32(40)42-5-2)17(3)37-33(38)46-27/h6-14,29H,4-5,15-16H2,1-3H3. The van der Waals surface area contributed by atoms with Gasteiger partial charge in [-0.3, -0.25) is 9.36 Å². The molecule has 1 atom stereocenters. The van der Waals surface area contributed by atoms with Crippen LogP contribution in [0.2, 0.25) is 10.0 Å². The van der Waals surface area contributed by atoms with Crippen LogP contribution in [0.25, 0.3) is 6.08 Å². The summed E-state index contributed by atoms with van der Waals surface area (Å²) in [5, 5.41) is 1.03. The molecule has 238 valence electrons. The third kappa shape index (κ3) is 6.29. The number of nitrogens with zero attached hydrogens (tertiary/aromatic N) is 2. The Morgan fingerprint density at radius 2 is 1.89 bits per heavy atom. The molecule has 0 fully saturated rings. The van der Waals surface area contributed by atoms with Gasteiger partial charge in [0.2, 0.25) is 6.79 Å². The molecule has 3 aromatic carbocycles. The highest BCUT2D eigenvalue weighted by atomic mass is 79.9. The van der Waals surface area contributed by atoms with Gasteiger partial charge in [0.1, 0.15) is 6.61 Å². The first-order chi connectivity index (χ1) is 22.2. The van der Waals surface area contributed by atoms with Crippen LogP contribution >= 0.6 is 50.5 Å². The van der Waals surface area contributed by atoms with E-state index in [4.69, 9.17) is 46.9 Å². The number of fused-ring (bicyclic) bond motifs is 2. The molecule has 13 heteroatoms. The van der Waals surface area contributed by atoms with Crippen molar-refractivity contribution in [2.24, 2.45) is 4.99 Å². The molecule has 0 bridgehead atoms. The van der Waals surface area contributed by atoms with Gasteiger partial charge in [-0.25, -0.2) is 9.79 Å². The van der Waals surface area contributed by atoms with Crippen LogP contribution in [0.15, 0.2) is 74.1 Å². The number of rotatable bonds is 9. The number of hydrogen-bond acceptors (Lipinski definition) is 9. The molecule has 0 N–H and O–H groups in total. The molecule has 9 nitrogen and oxygen atoms in total. The number of hydrogen-bond donors (Lipinski definition) is 0. The number of halogens is 3. The van der Waals surface area contributed by atoms with Gasteiger partial charge < -0.3 is 23.7 Å². The quantitative estimate of drug-likeness (QED) is 0.179. The summed E-state index contributed by atoms with van der Waals surface area (Å²) in [5.41, 5.74) is 2.56. The molecule has 0 spiro atoms. The maximum atomic E-state index is 14.1. The van der Waals surface area contributed by atoms with E-state index in [1.54, 1.807) is 56.3 Å². The second-order valence-electron chi connectivity index (χ2n) is 10.2. The molecule has 0 saturated heterocycles. The number of aromatic nitrogens is 1. The van der Waals surface area contributed by atoms with E-state index in [2.05, 4.69) is 20.9 Å². The van der Waals surface area contributed by atoms with Gasteiger partial charge in [0, 0.05) is 15.6 Å². The third-order valence-electron chi connectivity index (χ3n) is 7.25. The van der Waals surface area contributed by atoms with E-state index >= 15 is 0 Å². The van der Waals surface area contributed by atoms with E-state index in [9.17, 15) is 9.59 Å². The van der Waals surface area contributed by atoms with Crippen molar-refractivity contribution < 1.29 is 28.5 Å². The molecule has 0 radical (unpaired) electrons. The fraction of sp³-hybridized carbons (Fsp3) is 0.242. The number of benzene rings is 3. The van der Waals surface area contributed by atoms with E-state index in [-0.39, 0.29) is 31.1 Å². The normalized spacial score (nSPS) is 15.4. The Hall–Kier alpha value is -3.77. The van der Waals surface area contributed by atoms with E-state index in [1.807, 2.05) is 19.1 Å². The monoisotopic (exact) mass is 744 g/mol. The van der Waals surface area contributed by atoms with Crippen molar-refractivity contribution in [2.45, 2.75) is 33.4 Å². The minimum atomic E-state index is -0.784. The smallest absolute Gasteiger partial charge is 0.338 e. The minimum Gasteiger partial charge on any atom is -0.490 e. The average molecular weight is 746 g/mol. The topological polar surface area (TPSA) is 97.6 Å². The summed E-state index contributed by atoms with van der Waals surface area (Å²) in [5.74, 6) is 1.56. The second-order valence-corrected chi connectivity index (χ2v) is 12.9. The van der Waals surface area contributed by atoms with E-state index < -0.39 is 12.0 Å². The van der Waals surface area contributed by atoms with Crippen molar-refractivity contribution in [3.63, 3.8) is 0 Å². The number of carbonyl (C=O) groups is 1. The fourth-order valence-corrected chi connectivity index (χ4v) is 7.29. The predicted octanol–water partition coefficient (Wildman–Crippen LogP) is 6.57. The van der Waals surface area contributed by atoms with Crippen LogP contribution in [0.5, 0.6) is 23.0 Å². The highest BCUT2D eigenvalue weighted by molar-refractivity contribution is 9.10. The van der Waals surface area contributed by atoms with Crippen LogP contribution in [-0.4, -0.2) is 30.5 Å². The number of carbonyl (C=O) groups excluding carboxylic acids is 1. The molecule has 2 aliphatic heterocycles. The zero-order valence-corrected chi connectivity index (χ0v) is 28.8. The number of allylic oxidation sites excluding steroid dienone is 1. The summed E-state index contributed by atoms with van der Waals surface area (Å²) in [4.78, 5) is 32.4. The number of esters is 1. The van der Waals surface area contributed by atoms with Crippen LogP contribution in [0.1, 0.15) is 43.5 Å². The lowest BCUT2D eigenvalue weighted by atomic mass is 9.95. The summed E-state index contributed by atoms with van der Waals surface area (Å²) in [6.07, 6.45) is 1.76. The Bertz CT molecular complexity index is 2070. The van der Waals surface area contributed by atoms with Gasteiger partial charge in [-0.2, -0.15) is 0 Å². The van der Waals surface area contributed by atoms with Crippen molar-refractivity contribution in [3.05, 3.63) is 111 Å². The Morgan fingerprint density at radius 1 is 1.09 bits per heavy atom. The second kappa shape index (κ2) is 13.5. The predicted molar refractivity (Wildman–Crippen MR) is 179 cm³/mol. The molecule has 46 heavy (non-hydrogen) atoms. The van der Waals surface area contributed by atoms with Crippen LogP contribution in [-0.2, 0) is 16.1 Å². The maximum absolute atomic E-state index is 14.1. The van der Waals surface area contributed by atoms with Crippen LogP contribution in [0, 0.1) is 0 Å². The lowest BCUT2D eigenvalue weighted by molar-refractivity contribution is -0.139. The Kier molecular flexibility index (Phi) is 9.47. The Labute approximate surface area is 286 Å². The van der Waals surface area contributed by atoms with Crippen molar-refractivity contribution in [2.75, 3.05) is 20.0 Å². The molecule has 0 amide bonds. The maximum Gasteiger partial charge on any atom is 0.338 e. The Morgan fingerprint density at radius 3 is 2.65 bits per heavy atom. The molecular formula is C33H27BrCl2N2O7S. The van der Waals surface area contributed by atoms with Gasteiger partial charge in [-0.05, 0) is 90.3 Å². The molecule has 6 rings (SSSR count). The minimum absolute atomic E-state index is 0.0964. The first-order valence-electron chi connectivity index (χ1n) is 14.3. The molecule has 3 heterocycles. The van der Waals surface area contributed by atoms with Crippen LogP contribution in [0.4, 0.5) is 0 Å². The first kappa shape index (κ1) is 32.2. The fourth-order valence-electron chi connectivity index (χ4n) is 5.20. The van der Waals surface area contributed by atoms with Crippen molar-refractivity contribution in [3.8, 4) is 23.0 Å².